The van der Waals surface area contributed by atoms with Gasteiger partial charge in [-0.1, -0.05) is 42.5 Å². The normalized spacial score (nSPS) is 10.6. The van der Waals surface area contributed by atoms with Gasteiger partial charge in [-0.15, -0.1) is 0 Å². The van der Waals surface area contributed by atoms with Crippen LogP contribution in [0.5, 0.6) is 0 Å². The van der Waals surface area contributed by atoms with E-state index in [1.54, 1.807) is 0 Å². The molecule has 22 heavy (non-hydrogen) atoms. The van der Waals surface area contributed by atoms with Crippen LogP contribution in [0, 0.1) is 0 Å². The Hall–Kier alpha value is -2.13. The van der Waals surface area contributed by atoms with Crippen molar-refractivity contribution in [2.24, 2.45) is 0 Å². The first kappa shape index (κ1) is 16.2. The van der Waals surface area contributed by atoms with Crippen molar-refractivity contribution < 1.29 is 9.90 Å². The number of nitrogen functional groups attached to an aromatic ring is 1. The first-order valence-corrected chi connectivity index (χ1v) is 7.73. The second-order valence-electron chi connectivity index (χ2n) is 5.60. The van der Waals surface area contributed by atoms with Crippen molar-refractivity contribution in [2.75, 3.05) is 12.3 Å². The number of Topliss-reactive ketones (excluding diaryl/α,β-unsaturated/α-hetero) is 1. The van der Waals surface area contributed by atoms with Crippen LogP contribution in [-0.2, 0) is 24.1 Å². The van der Waals surface area contributed by atoms with Crippen LogP contribution < -0.4 is 5.73 Å². The summed E-state index contributed by atoms with van der Waals surface area (Å²) in [4.78, 5) is 11.2. The zero-order valence-corrected chi connectivity index (χ0v) is 12.8. The van der Waals surface area contributed by atoms with Crippen molar-refractivity contribution in [2.45, 2.75) is 32.1 Å². The molecule has 3 heteroatoms. The molecule has 0 amide bonds. The molecule has 0 radical (unpaired) electrons. The topological polar surface area (TPSA) is 63.3 Å². The third kappa shape index (κ3) is 5.01. The third-order valence-corrected chi connectivity index (χ3v) is 3.82. The highest BCUT2D eigenvalue weighted by molar-refractivity contribution is 5.81. The van der Waals surface area contributed by atoms with Crippen LogP contribution in [0.4, 0.5) is 5.69 Å². The van der Waals surface area contributed by atoms with Gasteiger partial charge in [-0.05, 0) is 48.4 Å². The summed E-state index contributed by atoms with van der Waals surface area (Å²) in [5, 5.41) is 8.75. The molecule has 2 aromatic carbocycles. The molecule has 0 aliphatic carbocycles. The van der Waals surface area contributed by atoms with Crippen LogP contribution in [0.25, 0.3) is 0 Å². The van der Waals surface area contributed by atoms with E-state index in [4.69, 9.17) is 10.8 Å². The quantitative estimate of drug-likeness (QED) is 0.581. The largest absolute Gasteiger partial charge is 0.399 e. The van der Waals surface area contributed by atoms with Gasteiger partial charge in [-0.3, -0.25) is 4.79 Å². The molecule has 0 aromatic heterocycles. The molecule has 0 spiro atoms. The van der Waals surface area contributed by atoms with E-state index >= 15 is 0 Å². The van der Waals surface area contributed by atoms with Gasteiger partial charge in [-0.25, -0.2) is 0 Å². The smallest absolute Gasteiger partial charge is 0.162 e. The zero-order valence-electron chi connectivity index (χ0n) is 12.8. The number of hydrogen-bond acceptors (Lipinski definition) is 3. The lowest BCUT2D eigenvalue weighted by molar-refractivity contribution is -0.121. The second kappa shape index (κ2) is 8.35. The Bertz CT molecular complexity index is 605. The van der Waals surface area contributed by atoms with Crippen molar-refractivity contribution in [1.29, 1.82) is 0 Å². The first-order valence-electron chi connectivity index (χ1n) is 7.73. The van der Waals surface area contributed by atoms with Crippen LogP contribution in [0.1, 0.15) is 29.5 Å². The van der Waals surface area contributed by atoms with E-state index in [1.807, 2.05) is 30.3 Å². The summed E-state index contributed by atoms with van der Waals surface area (Å²) in [6.07, 6.45) is 4.57. The highest BCUT2D eigenvalue weighted by atomic mass is 16.3. The lowest BCUT2D eigenvalue weighted by Gasteiger charge is -2.06. The third-order valence-electron chi connectivity index (χ3n) is 3.82. The lowest BCUT2D eigenvalue weighted by atomic mass is 10.0. The summed E-state index contributed by atoms with van der Waals surface area (Å²) >= 11 is 0. The number of aryl methyl sites for hydroxylation is 2. The lowest BCUT2D eigenvalue weighted by Crippen LogP contribution is -2.07. The molecule has 116 valence electrons. The fraction of sp³-hybridized carbons (Fsp3) is 0.316. The van der Waals surface area contributed by atoms with Gasteiger partial charge in [0.2, 0.25) is 0 Å². The number of carbonyl (C=O) groups is 1. The van der Waals surface area contributed by atoms with Gasteiger partial charge in [0.25, 0.3) is 0 Å². The van der Waals surface area contributed by atoms with E-state index in [0.29, 0.717) is 6.42 Å². The molecule has 3 nitrogen and oxygen atoms in total. The van der Waals surface area contributed by atoms with E-state index in [0.717, 1.165) is 36.9 Å². The molecule has 0 unspecified atom stereocenters. The van der Waals surface area contributed by atoms with Crippen molar-refractivity contribution in [3.63, 3.8) is 0 Å². The van der Waals surface area contributed by atoms with Gasteiger partial charge in [0.1, 0.15) is 6.61 Å². The van der Waals surface area contributed by atoms with Crippen LogP contribution >= 0.6 is 0 Å². The molecule has 3 N–H and O–H groups in total. The number of nitrogens with two attached hydrogens (primary N) is 1. The minimum atomic E-state index is -0.385. The van der Waals surface area contributed by atoms with Crippen LogP contribution in [0.2, 0.25) is 0 Å². The van der Waals surface area contributed by atoms with E-state index < -0.39 is 0 Å². The van der Waals surface area contributed by atoms with E-state index in [2.05, 4.69) is 18.2 Å². The van der Waals surface area contributed by atoms with Crippen molar-refractivity contribution >= 4 is 11.5 Å². The van der Waals surface area contributed by atoms with Crippen LogP contribution in [0.15, 0.2) is 48.5 Å². The van der Waals surface area contributed by atoms with E-state index in [1.165, 1.54) is 11.1 Å². The maximum Gasteiger partial charge on any atom is 0.162 e. The van der Waals surface area contributed by atoms with Gasteiger partial charge in [-0.2, -0.15) is 0 Å². The van der Waals surface area contributed by atoms with Gasteiger partial charge < -0.3 is 10.8 Å². The Morgan fingerprint density at radius 3 is 2.23 bits per heavy atom. The van der Waals surface area contributed by atoms with Gasteiger partial charge in [0.15, 0.2) is 5.78 Å². The van der Waals surface area contributed by atoms with Crippen molar-refractivity contribution in [3.8, 4) is 0 Å². The predicted octanol–water partition coefficient (Wildman–Crippen LogP) is 2.94. The Balaban J connectivity index is 1.75. The average molecular weight is 297 g/mol. The highest BCUT2D eigenvalue weighted by Gasteiger charge is 2.02. The monoisotopic (exact) mass is 297 g/mol. The standard InChI is InChI=1S/C19H23NO2/c20-19-8-4-3-7-17(19)6-2-1-5-15-9-11-16(12-10-15)13-18(22)14-21/h3-4,7-12,21H,1-2,5-6,13-14,20H2. The SMILES string of the molecule is Nc1ccccc1CCCCc1ccc(CC(=O)CO)cc1. The van der Waals surface area contributed by atoms with Crippen LogP contribution in [0.3, 0.4) is 0 Å². The summed E-state index contributed by atoms with van der Waals surface area (Å²) in [5.74, 6) is -0.145. The number of benzene rings is 2. The minimum Gasteiger partial charge on any atom is -0.399 e. The Morgan fingerprint density at radius 2 is 1.55 bits per heavy atom. The fourth-order valence-corrected chi connectivity index (χ4v) is 2.51. The molecule has 0 saturated carbocycles. The molecule has 0 bridgehead atoms. The molecule has 0 heterocycles. The summed E-state index contributed by atoms with van der Waals surface area (Å²) in [6, 6.07) is 16.1. The highest BCUT2D eigenvalue weighted by Crippen LogP contribution is 2.15. The number of rotatable bonds is 8. The molecule has 2 aromatic rings. The number of unbranched alkanes of at least 4 members (excludes halogenated alkanes) is 1. The van der Waals surface area contributed by atoms with Gasteiger partial charge in [0, 0.05) is 12.1 Å². The Labute approximate surface area is 131 Å². The summed E-state index contributed by atoms with van der Waals surface area (Å²) in [6.45, 7) is -0.385. The second-order valence-corrected chi connectivity index (χ2v) is 5.60. The minimum absolute atomic E-state index is 0.145. The van der Waals surface area contributed by atoms with Crippen molar-refractivity contribution in [1.82, 2.24) is 0 Å². The first-order chi connectivity index (χ1) is 10.7. The molecular formula is C19H23NO2. The summed E-state index contributed by atoms with van der Waals surface area (Å²) in [5.41, 5.74) is 10.3. The number of anilines is 1. The summed E-state index contributed by atoms with van der Waals surface area (Å²) in [7, 11) is 0. The molecule has 0 atom stereocenters. The fourth-order valence-electron chi connectivity index (χ4n) is 2.51. The maximum atomic E-state index is 11.2. The number of aliphatic hydroxyl groups excluding tert-OH is 1. The van der Waals surface area contributed by atoms with Crippen LogP contribution in [-0.4, -0.2) is 17.5 Å². The van der Waals surface area contributed by atoms with E-state index in [9.17, 15) is 4.79 Å². The molecule has 0 saturated heterocycles. The number of para-hydroxylation sites is 1. The van der Waals surface area contributed by atoms with Gasteiger partial charge >= 0.3 is 0 Å². The predicted molar refractivity (Wildman–Crippen MR) is 89.7 cm³/mol. The number of carbonyl (C=O) groups excluding carboxylic acids is 1. The molecular weight excluding hydrogens is 274 g/mol. The average Bonchev–Trinajstić information content (AvgIpc) is 2.54. The number of aliphatic hydroxyl groups is 1. The number of hydrogen-bond donors (Lipinski definition) is 2. The molecule has 2 rings (SSSR count). The Morgan fingerprint density at radius 1 is 0.909 bits per heavy atom. The maximum absolute atomic E-state index is 11.2. The zero-order chi connectivity index (χ0) is 15.8. The summed E-state index contributed by atoms with van der Waals surface area (Å²) < 4.78 is 0. The van der Waals surface area contributed by atoms with E-state index in [-0.39, 0.29) is 12.4 Å². The van der Waals surface area contributed by atoms with Crippen molar-refractivity contribution in [3.05, 3.63) is 65.2 Å². The number of ketones is 1. The van der Waals surface area contributed by atoms with Gasteiger partial charge in [0.05, 0.1) is 0 Å². The Kier molecular flexibility index (Phi) is 6.16. The molecule has 0 fully saturated rings. The molecule has 0 aliphatic heterocycles. The molecule has 0 aliphatic rings.